The molecule has 0 amide bonds. The number of fused-ring (bicyclic) bond motifs is 2. The molecule has 1 unspecified atom stereocenters. The predicted molar refractivity (Wildman–Crippen MR) is 95.3 cm³/mol. The van der Waals surface area contributed by atoms with Gasteiger partial charge in [0.2, 0.25) is 0 Å². The Morgan fingerprint density at radius 2 is 2.04 bits per heavy atom. The molecule has 1 atom stereocenters. The molecule has 1 aliphatic rings. The van der Waals surface area contributed by atoms with E-state index in [0.717, 1.165) is 53.0 Å². The minimum atomic E-state index is 0.328. The van der Waals surface area contributed by atoms with Crippen LogP contribution in [0.2, 0.25) is 0 Å². The van der Waals surface area contributed by atoms with E-state index in [0.29, 0.717) is 12.6 Å². The standard InChI is InChI=1S/C18H22N6O/c1-11-9-19-13(3)17-21-16(22-24(11)17)8-6-14-5-7-15-18(20-14)23(4)12(2)10-25-15/h5,7,9,12H,6,8,10H2,1-4H3. The molecule has 130 valence electrons. The zero-order valence-electron chi connectivity index (χ0n) is 15.0. The van der Waals surface area contributed by atoms with Crippen molar-refractivity contribution in [2.24, 2.45) is 0 Å². The average Bonchev–Trinajstić information content (AvgIpc) is 3.05. The number of rotatable bonds is 3. The second kappa shape index (κ2) is 5.98. The smallest absolute Gasteiger partial charge is 0.177 e. The molecular formula is C18H22N6O. The van der Waals surface area contributed by atoms with Crippen LogP contribution in [0.4, 0.5) is 5.82 Å². The van der Waals surface area contributed by atoms with Crippen molar-refractivity contribution in [3.63, 3.8) is 0 Å². The summed E-state index contributed by atoms with van der Waals surface area (Å²) < 4.78 is 7.61. The summed E-state index contributed by atoms with van der Waals surface area (Å²) in [5.74, 6) is 2.58. The third-order valence-corrected chi connectivity index (χ3v) is 4.73. The highest BCUT2D eigenvalue weighted by molar-refractivity contribution is 5.54. The van der Waals surface area contributed by atoms with Gasteiger partial charge in [-0.2, -0.15) is 5.10 Å². The number of ether oxygens (including phenoxy) is 1. The molecule has 1 aliphatic heterocycles. The van der Waals surface area contributed by atoms with Gasteiger partial charge in [-0.25, -0.2) is 14.5 Å². The Kier molecular flexibility index (Phi) is 3.78. The van der Waals surface area contributed by atoms with E-state index in [1.807, 2.05) is 36.7 Å². The first-order chi connectivity index (χ1) is 12.0. The molecule has 4 heterocycles. The maximum absolute atomic E-state index is 5.75. The zero-order chi connectivity index (χ0) is 17.6. The highest BCUT2D eigenvalue weighted by atomic mass is 16.5. The highest BCUT2D eigenvalue weighted by Crippen LogP contribution is 2.31. The topological polar surface area (TPSA) is 68.4 Å². The molecule has 3 aromatic rings. The highest BCUT2D eigenvalue weighted by Gasteiger charge is 2.22. The molecule has 0 fully saturated rings. The molecule has 0 saturated carbocycles. The van der Waals surface area contributed by atoms with Crippen molar-refractivity contribution in [1.82, 2.24) is 24.6 Å². The van der Waals surface area contributed by atoms with Crippen LogP contribution >= 0.6 is 0 Å². The van der Waals surface area contributed by atoms with Gasteiger partial charge in [-0.05, 0) is 39.3 Å². The second-order valence-corrected chi connectivity index (χ2v) is 6.64. The predicted octanol–water partition coefficient (Wildman–Crippen LogP) is 2.14. The van der Waals surface area contributed by atoms with Gasteiger partial charge < -0.3 is 9.64 Å². The van der Waals surface area contributed by atoms with Gasteiger partial charge in [0.15, 0.2) is 23.0 Å². The Bertz CT molecular complexity index is 896. The van der Waals surface area contributed by atoms with Gasteiger partial charge in [0.05, 0.1) is 17.4 Å². The van der Waals surface area contributed by atoms with Gasteiger partial charge in [0, 0.05) is 25.4 Å². The largest absolute Gasteiger partial charge is 0.488 e. The number of aromatic nitrogens is 5. The van der Waals surface area contributed by atoms with Crippen LogP contribution in [0.25, 0.3) is 5.65 Å². The normalized spacial score (nSPS) is 16.8. The van der Waals surface area contributed by atoms with Crippen LogP contribution in [-0.2, 0) is 12.8 Å². The van der Waals surface area contributed by atoms with Crippen LogP contribution in [0.3, 0.4) is 0 Å². The zero-order valence-corrected chi connectivity index (χ0v) is 15.0. The molecule has 0 aromatic carbocycles. The Balaban J connectivity index is 1.56. The van der Waals surface area contributed by atoms with Crippen LogP contribution in [0.1, 0.15) is 29.8 Å². The minimum absolute atomic E-state index is 0.328. The fraction of sp³-hybridized carbons (Fsp3) is 0.444. The molecule has 25 heavy (non-hydrogen) atoms. The molecule has 0 bridgehead atoms. The number of aryl methyl sites for hydroxylation is 4. The van der Waals surface area contributed by atoms with Crippen molar-refractivity contribution >= 4 is 11.5 Å². The van der Waals surface area contributed by atoms with Crippen LogP contribution in [0.15, 0.2) is 18.3 Å². The molecule has 0 spiro atoms. The molecular weight excluding hydrogens is 316 g/mol. The number of likely N-dealkylation sites (N-methyl/N-ethyl adjacent to an activating group) is 1. The monoisotopic (exact) mass is 338 g/mol. The molecule has 4 rings (SSSR count). The summed E-state index contributed by atoms with van der Waals surface area (Å²) in [6, 6.07) is 4.36. The maximum atomic E-state index is 5.75. The van der Waals surface area contributed by atoms with Crippen molar-refractivity contribution in [2.75, 3.05) is 18.6 Å². The Labute approximate surface area is 146 Å². The minimum Gasteiger partial charge on any atom is -0.488 e. The van der Waals surface area contributed by atoms with E-state index in [1.54, 1.807) is 0 Å². The number of hydrogen-bond donors (Lipinski definition) is 0. The first-order valence-corrected chi connectivity index (χ1v) is 8.56. The molecule has 0 saturated heterocycles. The lowest BCUT2D eigenvalue weighted by molar-refractivity contribution is 0.272. The van der Waals surface area contributed by atoms with Crippen molar-refractivity contribution in [3.8, 4) is 5.75 Å². The number of nitrogens with zero attached hydrogens (tertiary/aromatic N) is 6. The summed E-state index contributed by atoms with van der Waals surface area (Å²) in [4.78, 5) is 15.9. The van der Waals surface area contributed by atoms with E-state index in [9.17, 15) is 0 Å². The van der Waals surface area contributed by atoms with Crippen LogP contribution in [-0.4, -0.2) is 44.3 Å². The third kappa shape index (κ3) is 2.79. The van der Waals surface area contributed by atoms with E-state index in [-0.39, 0.29) is 0 Å². The van der Waals surface area contributed by atoms with Crippen LogP contribution < -0.4 is 9.64 Å². The number of hydrogen-bond acceptors (Lipinski definition) is 6. The fourth-order valence-corrected chi connectivity index (χ4v) is 2.99. The fourth-order valence-electron chi connectivity index (χ4n) is 2.99. The van der Waals surface area contributed by atoms with E-state index in [1.165, 1.54) is 0 Å². The Morgan fingerprint density at radius 1 is 1.20 bits per heavy atom. The van der Waals surface area contributed by atoms with E-state index in [4.69, 9.17) is 9.72 Å². The molecule has 0 radical (unpaired) electrons. The van der Waals surface area contributed by atoms with Gasteiger partial charge in [-0.3, -0.25) is 4.98 Å². The lowest BCUT2D eigenvalue weighted by atomic mass is 10.2. The molecule has 0 N–H and O–H groups in total. The Hall–Kier alpha value is -2.70. The first kappa shape index (κ1) is 15.8. The first-order valence-electron chi connectivity index (χ1n) is 8.56. The molecule has 7 heteroatoms. The summed E-state index contributed by atoms with van der Waals surface area (Å²) >= 11 is 0. The maximum Gasteiger partial charge on any atom is 0.177 e. The second-order valence-electron chi connectivity index (χ2n) is 6.64. The van der Waals surface area contributed by atoms with E-state index >= 15 is 0 Å². The van der Waals surface area contributed by atoms with Crippen molar-refractivity contribution in [3.05, 3.63) is 41.2 Å². The van der Waals surface area contributed by atoms with Crippen molar-refractivity contribution in [1.29, 1.82) is 0 Å². The quantitative estimate of drug-likeness (QED) is 0.729. The summed E-state index contributed by atoms with van der Waals surface area (Å²) in [5.41, 5.74) is 3.73. The summed E-state index contributed by atoms with van der Waals surface area (Å²) in [6.07, 6.45) is 3.35. The van der Waals surface area contributed by atoms with Crippen LogP contribution in [0, 0.1) is 13.8 Å². The summed E-state index contributed by atoms with van der Waals surface area (Å²) in [5, 5.41) is 4.61. The number of pyridine rings is 1. The summed E-state index contributed by atoms with van der Waals surface area (Å²) in [6.45, 7) is 6.77. The average molecular weight is 338 g/mol. The lowest BCUT2D eigenvalue weighted by Gasteiger charge is -2.32. The third-order valence-electron chi connectivity index (χ3n) is 4.73. The van der Waals surface area contributed by atoms with E-state index in [2.05, 4.69) is 33.9 Å². The van der Waals surface area contributed by atoms with Crippen molar-refractivity contribution in [2.45, 2.75) is 39.7 Å². The van der Waals surface area contributed by atoms with Gasteiger partial charge in [0.25, 0.3) is 0 Å². The van der Waals surface area contributed by atoms with Gasteiger partial charge in [0.1, 0.15) is 6.61 Å². The molecule has 3 aromatic heterocycles. The summed E-state index contributed by atoms with van der Waals surface area (Å²) in [7, 11) is 2.06. The van der Waals surface area contributed by atoms with Crippen molar-refractivity contribution < 1.29 is 4.74 Å². The molecule has 7 nitrogen and oxygen atoms in total. The Morgan fingerprint density at radius 3 is 2.84 bits per heavy atom. The van der Waals surface area contributed by atoms with E-state index < -0.39 is 0 Å². The SMILES string of the molecule is Cc1ncc(C)n2nc(CCc3ccc4c(n3)N(C)C(C)CO4)nc12. The van der Waals surface area contributed by atoms with Gasteiger partial charge in [-0.1, -0.05) is 0 Å². The van der Waals surface area contributed by atoms with Gasteiger partial charge >= 0.3 is 0 Å². The number of anilines is 1. The lowest BCUT2D eigenvalue weighted by Crippen LogP contribution is -2.38. The van der Waals surface area contributed by atoms with Crippen LogP contribution in [0.5, 0.6) is 5.75 Å². The molecule has 0 aliphatic carbocycles. The van der Waals surface area contributed by atoms with Gasteiger partial charge in [-0.15, -0.1) is 0 Å².